The zero-order valence-corrected chi connectivity index (χ0v) is 9.91. The molecule has 0 radical (unpaired) electrons. The molecular formula is C12H13Cl2N. The van der Waals surface area contributed by atoms with Crippen LogP contribution >= 0.6 is 23.2 Å². The lowest BCUT2D eigenvalue weighted by Crippen LogP contribution is -2.39. The Morgan fingerprint density at radius 3 is 2.80 bits per heavy atom. The minimum atomic E-state index is 0.641. The van der Waals surface area contributed by atoms with E-state index in [4.69, 9.17) is 23.2 Å². The molecule has 1 N–H and O–H groups in total. The van der Waals surface area contributed by atoms with E-state index in [1.165, 1.54) is 17.5 Å². The number of halogens is 2. The van der Waals surface area contributed by atoms with Gasteiger partial charge >= 0.3 is 0 Å². The van der Waals surface area contributed by atoms with E-state index in [9.17, 15) is 0 Å². The molecule has 1 fully saturated rings. The third kappa shape index (κ3) is 1.67. The first-order chi connectivity index (χ1) is 7.24. The Morgan fingerprint density at radius 1 is 1.13 bits per heavy atom. The van der Waals surface area contributed by atoms with Gasteiger partial charge in [0.25, 0.3) is 0 Å². The SMILES string of the molecule is Clc1cc2c(cc1Cl)C1CNCC(C2)C1. The van der Waals surface area contributed by atoms with Crippen molar-refractivity contribution in [3.05, 3.63) is 33.3 Å². The molecule has 0 amide bonds. The van der Waals surface area contributed by atoms with Crippen LogP contribution in [0.2, 0.25) is 10.0 Å². The van der Waals surface area contributed by atoms with Gasteiger partial charge in [-0.3, -0.25) is 0 Å². The third-order valence-corrected chi connectivity index (χ3v) is 4.29. The van der Waals surface area contributed by atoms with Gasteiger partial charge in [0, 0.05) is 6.54 Å². The van der Waals surface area contributed by atoms with E-state index in [0.29, 0.717) is 16.0 Å². The highest BCUT2D eigenvalue weighted by Gasteiger charge is 2.30. The Balaban J connectivity index is 2.09. The predicted octanol–water partition coefficient (Wildman–Crippen LogP) is 3.24. The number of benzene rings is 1. The van der Waals surface area contributed by atoms with Crippen LogP contribution in [0.5, 0.6) is 0 Å². The molecule has 1 aliphatic heterocycles. The number of fused-ring (bicyclic) bond motifs is 4. The van der Waals surface area contributed by atoms with Gasteiger partial charge in [0.15, 0.2) is 0 Å². The number of piperidine rings is 1. The fourth-order valence-electron chi connectivity index (χ4n) is 2.89. The van der Waals surface area contributed by atoms with Crippen molar-refractivity contribution in [2.45, 2.75) is 18.8 Å². The maximum Gasteiger partial charge on any atom is 0.0595 e. The molecule has 80 valence electrons. The zero-order valence-electron chi connectivity index (χ0n) is 8.39. The first-order valence-electron chi connectivity index (χ1n) is 5.42. The normalized spacial score (nSPS) is 28.7. The Hall–Kier alpha value is -0.240. The van der Waals surface area contributed by atoms with Crippen molar-refractivity contribution in [1.29, 1.82) is 0 Å². The van der Waals surface area contributed by atoms with E-state index in [-0.39, 0.29) is 0 Å². The van der Waals surface area contributed by atoms with Crippen molar-refractivity contribution in [2.75, 3.05) is 13.1 Å². The van der Waals surface area contributed by atoms with Crippen LogP contribution in [0.1, 0.15) is 23.5 Å². The Morgan fingerprint density at radius 2 is 1.93 bits per heavy atom. The van der Waals surface area contributed by atoms with Crippen molar-refractivity contribution >= 4 is 23.2 Å². The summed E-state index contributed by atoms with van der Waals surface area (Å²) in [6, 6.07) is 4.12. The van der Waals surface area contributed by atoms with Gasteiger partial charge in [-0.15, -0.1) is 0 Å². The third-order valence-electron chi connectivity index (χ3n) is 3.57. The van der Waals surface area contributed by atoms with Crippen LogP contribution in [0, 0.1) is 5.92 Å². The summed E-state index contributed by atoms with van der Waals surface area (Å²) in [5.74, 6) is 1.43. The molecule has 1 saturated heterocycles. The molecule has 2 atom stereocenters. The van der Waals surface area contributed by atoms with Crippen molar-refractivity contribution in [1.82, 2.24) is 5.32 Å². The van der Waals surface area contributed by atoms with E-state index in [1.807, 2.05) is 0 Å². The molecule has 2 unspecified atom stereocenters. The lowest BCUT2D eigenvalue weighted by Gasteiger charge is -2.37. The molecule has 1 aliphatic carbocycles. The molecule has 1 nitrogen and oxygen atoms in total. The van der Waals surface area contributed by atoms with Gasteiger partial charge in [-0.25, -0.2) is 0 Å². The number of hydrogen-bond acceptors (Lipinski definition) is 1. The highest BCUT2D eigenvalue weighted by atomic mass is 35.5. The summed E-state index contributed by atoms with van der Waals surface area (Å²) in [6.07, 6.45) is 2.45. The van der Waals surface area contributed by atoms with Crippen molar-refractivity contribution in [2.24, 2.45) is 5.92 Å². The second-order valence-electron chi connectivity index (χ2n) is 4.63. The second kappa shape index (κ2) is 3.65. The predicted molar refractivity (Wildman–Crippen MR) is 63.9 cm³/mol. The average Bonchev–Trinajstić information content (AvgIpc) is 2.22. The van der Waals surface area contributed by atoms with Gasteiger partial charge in [0.2, 0.25) is 0 Å². The number of nitrogens with one attached hydrogen (secondary N) is 1. The molecule has 1 heterocycles. The maximum atomic E-state index is 6.07. The zero-order chi connectivity index (χ0) is 10.4. The Labute approximate surface area is 99.8 Å². The first-order valence-corrected chi connectivity index (χ1v) is 6.18. The Kier molecular flexibility index (Phi) is 2.42. The van der Waals surface area contributed by atoms with Crippen molar-refractivity contribution < 1.29 is 0 Å². The van der Waals surface area contributed by atoms with Gasteiger partial charge in [-0.1, -0.05) is 23.2 Å². The molecule has 3 heteroatoms. The largest absolute Gasteiger partial charge is 0.316 e. The summed E-state index contributed by atoms with van der Waals surface area (Å²) < 4.78 is 0. The van der Waals surface area contributed by atoms with Crippen LogP contribution in [0.15, 0.2) is 12.1 Å². The molecular weight excluding hydrogens is 229 g/mol. The van der Waals surface area contributed by atoms with E-state index in [1.54, 1.807) is 0 Å². The van der Waals surface area contributed by atoms with E-state index in [0.717, 1.165) is 25.4 Å². The molecule has 15 heavy (non-hydrogen) atoms. The highest BCUT2D eigenvalue weighted by Crippen LogP contribution is 2.39. The second-order valence-corrected chi connectivity index (χ2v) is 5.44. The van der Waals surface area contributed by atoms with Crippen LogP contribution in [0.3, 0.4) is 0 Å². The van der Waals surface area contributed by atoms with Crippen LogP contribution in [-0.2, 0) is 6.42 Å². The molecule has 2 bridgehead atoms. The molecule has 2 aliphatic rings. The summed E-state index contributed by atoms with van der Waals surface area (Å²) in [5, 5.41) is 4.88. The average molecular weight is 242 g/mol. The standard InChI is InChI=1S/C12H13Cl2N/c13-11-3-8-1-7-2-9(6-15-5-7)10(8)4-12(11)14/h3-4,7,9,15H,1-2,5-6H2. The molecule has 1 aromatic rings. The minimum Gasteiger partial charge on any atom is -0.316 e. The van der Waals surface area contributed by atoms with Crippen LogP contribution in [0.4, 0.5) is 0 Å². The highest BCUT2D eigenvalue weighted by molar-refractivity contribution is 6.42. The van der Waals surface area contributed by atoms with Gasteiger partial charge in [0.05, 0.1) is 10.0 Å². The maximum absolute atomic E-state index is 6.07. The lowest BCUT2D eigenvalue weighted by molar-refractivity contribution is 0.318. The smallest absolute Gasteiger partial charge is 0.0595 e. The Bertz CT molecular complexity index is 403. The van der Waals surface area contributed by atoms with E-state index < -0.39 is 0 Å². The van der Waals surface area contributed by atoms with Gasteiger partial charge in [-0.2, -0.15) is 0 Å². The summed E-state index contributed by atoms with van der Waals surface area (Å²) in [7, 11) is 0. The van der Waals surface area contributed by atoms with Crippen molar-refractivity contribution in [3.63, 3.8) is 0 Å². The fraction of sp³-hybridized carbons (Fsp3) is 0.500. The lowest BCUT2D eigenvalue weighted by atomic mass is 9.74. The monoisotopic (exact) mass is 241 g/mol. The van der Waals surface area contributed by atoms with Crippen molar-refractivity contribution in [3.8, 4) is 0 Å². The number of rotatable bonds is 0. The molecule has 1 aromatic carbocycles. The van der Waals surface area contributed by atoms with Crippen LogP contribution in [-0.4, -0.2) is 13.1 Å². The summed E-state index contributed by atoms with van der Waals surface area (Å²) in [5.41, 5.74) is 2.82. The van der Waals surface area contributed by atoms with Crippen LogP contribution in [0.25, 0.3) is 0 Å². The molecule has 0 saturated carbocycles. The first kappa shape index (κ1) is 9.95. The van der Waals surface area contributed by atoms with E-state index in [2.05, 4.69) is 17.4 Å². The summed E-state index contributed by atoms with van der Waals surface area (Å²) in [4.78, 5) is 0. The molecule has 3 rings (SSSR count). The topological polar surface area (TPSA) is 12.0 Å². The summed E-state index contributed by atoms with van der Waals surface area (Å²) >= 11 is 12.1. The van der Waals surface area contributed by atoms with Gasteiger partial charge < -0.3 is 5.32 Å². The van der Waals surface area contributed by atoms with E-state index >= 15 is 0 Å². The number of hydrogen-bond donors (Lipinski definition) is 1. The minimum absolute atomic E-state index is 0.641. The quantitative estimate of drug-likeness (QED) is 0.736. The summed E-state index contributed by atoms with van der Waals surface area (Å²) in [6.45, 7) is 2.23. The molecule has 0 aromatic heterocycles. The molecule has 0 spiro atoms. The van der Waals surface area contributed by atoms with Crippen LogP contribution < -0.4 is 5.32 Å². The fourth-order valence-corrected chi connectivity index (χ4v) is 3.25. The van der Waals surface area contributed by atoms with Gasteiger partial charge in [0.1, 0.15) is 0 Å². The van der Waals surface area contributed by atoms with Gasteiger partial charge in [-0.05, 0) is 54.5 Å².